The number of alkyl halides is 6. The maximum absolute atomic E-state index is 12.7. The number of nitrogens with zero attached hydrogens (tertiary/aromatic N) is 3. The predicted molar refractivity (Wildman–Crippen MR) is 122 cm³/mol. The Morgan fingerprint density at radius 2 is 1.47 bits per heavy atom. The van der Waals surface area contributed by atoms with Crippen LogP contribution in [0.5, 0.6) is 11.5 Å². The zero-order valence-electron chi connectivity index (χ0n) is 19.2. The van der Waals surface area contributed by atoms with E-state index in [1.54, 1.807) is 6.07 Å². The van der Waals surface area contributed by atoms with Crippen molar-refractivity contribution in [2.75, 3.05) is 37.8 Å². The normalized spacial score (nSPS) is 11.9. The highest BCUT2D eigenvalue weighted by Crippen LogP contribution is 2.30. The molecule has 3 aromatic rings. The molecule has 194 valence electrons. The fourth-order valence-corrected chi connectivity index (χ4v) is 3.11. The minimum atomic E-state index is -4.86. The number of ether oxygens (including phenoxy) is 2. The Kier molecular flexibility index (Phi) is 8.45. The summed E-state index contributed by atoms with van der Waals surface area (Å²) >= 11 is 0. The van der Waals surface area contributed by atoms with Gasteiger partial charge in [-0.1, -0.05) is 18.2 Å². The summed E-state index contributed by atoms with van der Waals surface area (Å²) in [6.07, 6.45) is -8.96. The smallest absolute Gasteiger partial charge is 0.406 e. The molecule has 0 amide bonds. The zero-order valence-corrected chi connectivity index (χ0v) is 19.2. The Morgan fingerprint density at radius 3 is 2.11 bits per heavy atom. The highest BCUT2D eigenvalue weighted by atomic mass is 19.4. The lowest BCUT2D eigenvalue weighted by Crippen LogP contribution is -2.17. The third kappa shape index (κ3) is 9.13. The summed E-state index contributed by atoms with van der Waals surface area (Å²) < 4.78 is 83.6. The third-order valence-corrected chi connectivity index (χ3v) is 4.49. The molecule has 1 heterocycles. The molecule has 0 atom stereocenters. The molecular weight excluding hydrogens is 492 g/mol. The molecule has 0 fully saturated rings. The van der Waals surface area contributed by atoms with E-state index in [4.69, 9.17) is 0 Å². The Labute approximate surface area is 203 Å². The lowest BCUT2D eigenvalue weighted by Gasteiger charge is -2.14. The number of anilines is 3. The van der Waals surface area contributed by atoms with Crippen molar-refractivity contribution in [1.82, 2.24) is 14.9 Å². The van der Waals surface area contributed by atoms with Gasteiger partial charge in [0.2, 0.25) is 5.95 Å². The van der Waals surface area contributed by atoms with Crippen LogP contribution in [0.3, 0.4) is 0 Å². The van der Waals surface area contributed by atoms with Crippen LogP contribution in [-0.2, 0) is 0 Å². The van der Waals surface area contributed by atoms with E-state index >= 15 is 0 Å². The molecule has 0 spiro atoms. The van der Waals surface area contributed by atoms with E-state index in [0.29, 0.717) is 12.1 Å². The van der Waals surface area contributed by atoms with E-state index in [-0.39, 0.29) is 23.1 Å². The average Bonchev–Trinajstić information content (AvgIpc) is 2.74. The molecule has 0 aliphatic rings. The van der Waals surface area contributed by atoms with Gasteiger partial charge in [0, 0.05) is 29.9 Å². The van der Waals surface area contributed by atoms with Gasteiger partial charge in [0.15, 0.2) is 0 Å². The summed E-state index contributed by atoms with van der Waals surface area (Å²) in [6.45, 7) is 1.30. The maximum atomic E-state index is 12.7. The Bertz CT molecular complexity index is 1150. The van der Waals surface area contributed by atoms with E-state index in [1.807, 2.05) is 19.0 Å². The van der Waals surface area contributed by atoms with Gasteiger partial charge in [-0.2, -0.15) is 4.98 Å². The Hall–Kier alpha value is -3.74. The lowest BCUT2D eigenvalue weighted by atomic mass is 10.1. The average molecular weight is 515 g/mol. The number of hydrogen-bond acceptors (Lipinski definition) is 7. The molecular formula is C23H23F6N5O2. The van der Waals surface area contributed by atoms with Crippen LogP contribution in [-0.4, -0.2) is 54.8 Å². The van der Waals surface area contributed by atoms with E-state index in [0.717, 1.165) is 31.2 Å². The third-order valence-electron chi connectivity index (χ3n) is 4.49. The van der Waals surface area contributed by atoms with Gasteiger partial charge >= 0.3 is 12.7 Å². The van der Waals surface area contributed by atoms with Crippen molar-refractivity contribution >= 4 is 17.5 Å². The number of aromatic nitrogens is 2. The van der Waals surface area contributed by atoms with Gasteiger partial charge in [0.1, 0.15) is 17.3 Å². The molecule has 0 saturated heterocycles. The van der Waals surface area contributed by atoms with E-state index in [1.165, 1.54) is 30.3 Å². The van der Waals surface area contributed by atoms with Gasteiger partial charge in [-0.15, -0.1) is 26.3 Å². The molecule has 0 aliphatic heterocycles. The molecule has 2 N–H and O–H groups in total. The molecule has 13 heteroatoms. The van der Waals surface area contributed by atoms with Crippen molar-refractivity contribution in [2.45, 2.75) is 19.1 Å². The molecule has 0 radical (unpaired) electrons. The first-order valence-electron chi connectivity index (χ1n) is 10.6. The Balaban J connectivity index is 1.90. The number of benzene rings is 2. The topological polar surface area (TPSA) is 71.5 Å². The van der Waals surface area contributed by atoms with Gasteiger partial charge in [-0.25, -0.2) is 4.98 Å². The van der Waals surface area contributed by atoms with Crippen molar-refractivity contribution in [3.8, 4) is 22.8 Å². The van der Waals surface area contributed by atoms with Gasteiger partial charge in [0.05, 0.1) is 5.69 Å². The molecule has 36 heavy (non-hydrogen) atoms. The summed E-state index contributed by atoms with van der Waals surface area (Å²) in [4.78, 5) is 10.7. The quantitative estimate of drug-likeness (QED) is 0.252. The van der Waals surface area contributed by atoms with E-state index < -0.39 is 24.2 Å². The van der Waals surface area contributed by atoms with Crippen molar-refractivity contribution in [3.63, 3.8) is 0 Å². The fraction of sp³-hybridized carbons (Fsp3) is 0.304. The second-order valence-corrected chi connectivity index (χ2v) is 7.82. The van der Waals surface area contributed by atoms with Crippen LogP contribution < -0.4 is 20.1 Å². The monoisotopic (exact) mass is 515 g/mol. The standard InChI is InChI=1S/C23H23F6N5O2/c1-34(2)11-5-10-30-21-32-19(15-6-3-8-17(12-15)35-22(24,25)26)14-20(33-21)31-16-7-4-9-18(13-16)36-23(27,28)29/h3-4,6-9,12-14H,5,10-11H2,1-2H3,(H2,30,31,32,33). The van der Waals surface area contributed by atoms with Crippen LogP contribution in [0.25, 0.3) is 11.3 Å². The highest BCUT2D eigenvalue weighted by Gasteiger charge is 2.32. The van der Waals surface area contributed by atoms with Gasteiger partial charge in [-0.05, 0) is 51.3 Å². The van der Waals surface area contributed by atoms with E-state index in [9.17, 15) is 26.3 Å². The Morgan fingerprint density at radius 1 is 0.833 bits per heavy atom. The number of rotatable bonds is 10. The largest absolute Gasteiger partial charge is 0.573 e. The first-order chi connectivity index (χ1) is 16.9. The summed E-state index contributed by atoms with van der Waals surface area (Å²) in [5, 5.41) is 5.94. The zero-order chi connectivity index (χ0) is 26.3. The summed E-state index contributed by atoms with van der Waals surface area (Å²) in [5.74, 6) is -0.480. The van der Waals surface area contributed by atoms with Crippen molar-refractivity contribution in [2.24, 2.45) is 0 Å². The number of halogens is 6. The van der Waals surface area contributed by atoms with Crippen LogP contribution >= 0.6 is 0 Å². The minimum absolute atomic E-state index is 0.179. The first-order valence-corrected chi connectivity index (χ1v) is 10.6. The van der Waals surface area contributed by atoms with Crippen LogP contribution in [0.1, 0.15) is 6.42 Å². The molecule has 0 unspecified atom stereocenters. The van der Waals surface area contributed by atoms with Crippen LogP contribution in [0, 0.1) is 0 Å². The molecule has 0 saturated carbocycles. The minimum Gasteiger partial charge on any atom is -0.406 e. The van der Waals surface area contributed by atoms with Gasteiger partial charge < -0.3 is 25.0 Å². The second kappa shape index (κ2) is 11.3. The molecule has 2 aromatic carbocycles. The van der Waals surface area contributed by atoms with E-state index in [2.05, 4.69) is 30.1 Å². The van der Waals surface area contributed by atoms with Gasteiger partial charge in [0.25, 0.3) is 0 Å². The molecule has 1 aromatic heterocycles. The summed E-state index contributed by atoms with van der Waals surface area (Å²) in [7, 11) is 3.84. The highest BCUT2D eigenvalue weighted by molar-refractivity contribution is 5.68. The summed E-state index contributed by atoms with van der Waals surface area (Å²) in [5.41, 5.74) is 0.819. The van der Waals surface area contributed by atoms with Crippen LogP contribution in [0.15, 0.2) is 54.6 Å². The predicted octanol–water partition coefficient (Wildman–Crippen LogP) is 6.05. The second-order valence-electron chi connectivity index (χ2n) is 7.82. The molecule has 7 nitrogen and oxygen atoms in total. The SMILES string of the molecule is CN(C)CCCNc1nc(Nc2cccc(OC(F)(F)F)c2)cc(-c2cccc(OC(F)(F)F)c2)n1. The van der Waals surface area contributed by atoms with Crippen LogP contribution in [0.2, 0.25) is 0 Å². The molecule has 3 rings (SSSR count). The first kappa shape index (κ1) is 26.9. The molecule has 0 bridgehead atoms. The molecule has 0 aliphatic carbocycles. The lowest BCUT2D eigenvalue weighted by molar-refractivity contribution is -0.275. The van der Waals surface area contributed by atoms with Crippen LogP contribution in [0.4, 0.5) is 43.8 Å². The van der Waals surface area contributed by atoms with Crippen molar-refractivity contribution < 1.29 is 35.8 Å². The fourth-order valence-electron chi connectivity index (χ4n) is 3.11. The van der Waals surface area contributed by atoms with Crippen molar-refractivity contribution in [1.29, 1.82) is 0 Å². The number of nitrogens with one attached hydrogen (secondary N) is 2. The number of hydrogen-bond donors (Lipinski definition) is 2. The van der Waals surface area contributed by atoms with Gasteiger partial charge in [-0.3, -0.25) is 0 Å². The maximum Gasteiger partial charge on any atom is 0.573 e. The summed E-state index contributed by atoms with van der Waals surface area (Å²) in [6, 6.07) is 11.9. The van der Waals surface area contributed by atoms with Crippen molar-refractivity contribution in [3.05, 3.63) is 54.6 Å².